The molecule has 0 heterocycles. The van der Waals surface area contributed by atoms with Gasteiger partial charge in [0.2, 0.25) is 10.0 Å². The van der Waals surface area contributed by atoms with Gasteiger partial charge in [0.15, 0.2) is 0 Å². The molecule has 1 fully saturated rings. The van der Waals surface area contributed by atoms with Gasteiger partial charge in [-0.25, -0.2) is 13.1 Å². The highest BCUT2D eigenvalue weighted by Gasteiger charge is 2.22. The van der Waals surface area contributed by atoms with Crippen LogP contribution in [0.2, 0.25) is 0 Å². The molecule has 0 radical (unpaired) electrons. The highest BCUT2D eigenvalue weighted by molar-refractivity contribution is 9.10. The molecule has 100 valence electrons. The van der Waals surface area contributed by atoms with E-state index in [4.69, 9.17) is 5.73 Å². The van der Waals surface area contributed by atoms with E-state index in [0.29, 0.717) is 17.6 Å². The fraction of sp³-hybridized carbons (Fsp3) is 0.500. The number of hydrogen-bond donors (Lipinski definition) is 2. The molecule has 3 N–H and O–H groups in total. The minimum absolute atomic E-state index is 0.274. The SMILES string of the molecule is NCc1ccc(S(=O)(=O)NCCC2CC2)c(Br)c1. The monoisotopic (exact) mass is 332 g/mol. The normalized spacial score (nSPS) is 15.9. The number of sulfonamides is 1. The van der Waals surface area contributed by atoms with E-state index in [0.717, 1.165) is 17.9 Å². The molecule has 1 aliphatic rings. The van der Waals surface area contributed by atoms with Gasteiger partial charge in [0, 0.05) is 17.6 Å². The Morgan fingerprint density at radius 3 is 2.67 bits per heavy atom. The summed E-state index contributed by atoms with van der Waals surface area (Å²) in [5, 5.41) is 0. The fourth-order valence-corrected chi connectivity index (χ4v) is 3.94. The van der Waals surface area contributed by atoms with E-state index < -0.39 is 10.0 Å². The Morgan fingerprint density at radius 2 is 2.11 bits per heavy atom. The Bertz CT molecular complexity index is 527. The molecular weight excluding hydrogens is 316 g/mol. The summed E-state index contributed by atoms with van der Waals surface area (Å²) in [6.07, 6.45) is 3.39. The average Bonchev–Trinajstić information content (AvgIpc) is 3.12. The third kappa shape index (κ3) is 3.54. The van der Waals surface area contributed by atoms with E-state index in [1.165, 1.54) is 12.8 Å². The Kier molecular flexibility index (Phi) is 4.42. The lowest BCUT2D eigenvalue weighted by Gasteiger charge is -2.09. The Balaban J connectivity index is 2.07. The molecule has 1 saturated carbocycles. The molecule has 1 aliphatic carbocycles. The summed E-state index contributed by atoms with van der Waals surface area (Å²) < 4.78 is 27.4. The molecule has 18 heavy (non-hydrogen) atoms. The predicted octanol–water partition coefficient (Wildman–Crippen LogP) is 1.99. The first kappa shape index (κ1) is 14.0. The molecule has 0 saturated heterocycles. The van der Waals surface area contributed by atoms with Gasteiger partial charge in [-0.2, -0.15) is 0 Å². The summed E-state index contributed by atoms with van der Waals surface area (Å²) in [6.45, 7) is 0.909. The van der Waals surface area contributed by atoms with Gasteiger partial charge >= 0.3 is 0 Å². The average molecular weight is 333 g/mol. The molecule has 0 aliphatic heterocycles. The standard InChI is InChI=1S/C12H17BrN2O2S/c13-11-7-10(8-14)3-4-12(11)18(16,17)15-6-5-9-1-2-9/h3-4,7,9,15H,1-2,5-6,8,14H2. The van der Waals surface area contributed by atoms with Crippen molar-refractivity contribution in [1.29, 1.82) is 0 Å². The molecule has 6 heteroatoms. The van der Waals surface area contributed by atoms with Crippen LogP contribution in [0.4, 0.5) is 0 Å². The second kappa shape index (κ2) is 5.69. The van der Waals surface area contributed by atoms with Gasteiger partial charge in [0.05, 0.1) is 4.90 Å². The predicted molar refractivity (Wildman–Crippen MR) is 74.6 cm³/mol. The number of rotatable bonds is 6. The molecule has 0 bridgehead atoms. The maximum absolute atomic E-state index is 12.1. The zero-order valence-corrected chi connectivity index (χ0v) is 12.4. The van der Waals surface area contributed by atoms with Crippen molar-refractivity contribution in [2.45, 2.75) is 30.7 Å². The van der Waals surface area contributed by atoms with E-state index in [2.05, 4.69) is 20.7 Å². The molecule has 0 amide bonds. The summed E-state index contributed by atoms with van der Waals surface area (Å²) in [4.78, 5) is 0.274. The molecule has 0 spiro atoms. The Labute approximate surface area is 116 Å². The van der Waals surface area contributed by atoms with Crippen LogP contribution in [-0.4, -0.2) is 15.0 Å². The maximum atomic E-state index is 12.1. The van der Waals surface area contributed by atoms with Crippen LogP contribution in [0.1, 0.15) is 24.8 Å². The first-order valence-corrected chi connectivity index (χ1v) is 8.28. The van der Waals surface area contributed by atoms with Gasteiger partial charge in [-0.3, -0.25) is 0 Å². The second-order valence-corrected chi connectivity index (χ2v) is 7.19. The number of halogens is 1. The second-order valence-electron chi connectivity index (χ2n) is 4.60. The third-order valence-electron chi connectivity index (χ3n) is 3.06. The summed E-state index contributed by atoms with van der Waals surface area (Å²) in [7, 11) is -3.42. The zero-order chi connectivity index (χ0) is 13.2. The minimum Gasteiger partial charge on any atom is -0.326 e. The van der Waals surface area contributed by atoms with Gasteiger partial charge < -0.3 is 5.73 Å². The minimum atomic E-state index is -3.42. The van der Waals surface area contributed by atoms with Gasteiger partial charge in [0.25, 0.3) is 0 Å². The molecule has 1 aromatic carbocycles. The van der Waals surface area contributed by atoms with E-state index in [1.54, 1.807) is 18.2 Å². The van der Waals surface area contributed by atoms with Crippen LogP contribution in [-0.2, 0) is 16.6 Å². The van der Waals surface area contributed by atoms with Crippen molar-refractivity contribution in [1.82, 2.24) is 4.72 Å². The molecule has 0 aromatic heterocycles. The van der Waals surface area contributed by atoms with E-state index in [1.807, 2.05) is 0 Å². The van der Waals surface area contributed by atoms with Crippen LogP contribution in [0.5, 0.6) is 0 Å². The van der Waals surface area contributed by atoms with Crippen molar-refractivity contribution < 1.29 is 8.42 Å². The summed E-state index contributed by atoms with van der Waals surface area (Å²) in [5.74, 6) is 0.718. The van der Waals surface area contributed by atoms with Crippen molar-refractivity contribution in [2.24, 2.45) is 11.7 Å². The number of nitrogens with one attached hydrogen (secondary N) is 1. The summed E-state index contributed by atoms with van der Waals surface area (Å²) in [5.41, 5.74) is 6.41. The third-order valence-corrected chi connectivity index (χ3v) is 5.50. The van der Waals surface area contributed by atoms with Crippen molar-refractivity contribution in [3.63, 3.8) is 0 Å². The van der Waals surface area contributed by atoms with Crippen molar-refractivity contribution in [3.05, 3.63) is 28.2 Å². The Morgan fingerprint density at radius 1 is 1.39 bits per heavy atom. The van der Waals surface area contributed by atoms with Gasteiger partial charge in [-0.05, 0) is 46.0 Å². The van der Waals surface area contributed by atoms with Crippen molar-refractivity contribution in [2.75, 3.05) is 6.54 Å². The topological polar surface area (TPSA) is 72.2 Å². The van der Waals surface area contributed by atoms with Gasteiger partial charge in [-0.1, -0.05) is 18.9 Å². The molecule has 0 atom stereocenters. The number of hydrogen-bond acceptors (Lipinski definition) is 3. The smallest absolute Gasteiger partial charge is 0.241 e. The van der Waals surface area contributed by atoms with Crippen LogP contribution in [0.3, 0.4) is 0 Å². The highest BCUT2D eigenvalue weighted by atomic mass is 79.9. The molecule has 1 aromatic rings. The first-order chi connectivity index (χ1) is 8.53. The van der Waals surface area contributed by atoms with E-state index in [-0.39, 0.29) is 4.90 Å². The highest BCUT2D eigenvalue weighted by Crippen LogP contribution is 2.32. The van der Waals surface area contributed by atoms with E-state index in [9.17, 15) is 8.42 Å². The van der Waals surface area contributed by atoms with Crippen molar-refractivity contribution in [3.8, 4) is 0 Å². The van der Waals surface area contributed by atoms with Crippen LogP contribution in [0.25, 0.3) is 0 Å². The van der Waals surface area contributed by atoms with E-state index >= 15 is 0 Å². The largest absolute Gasteiger partial charge is 0.326 e. The lowest BCUT2D eigenvalue weighted by atomic mass is 10.2. The molecular formula is C12H17BrN2O2S. The summed E-state index contributed by atoms with van der Waals surface area (Å²) in [6, 6.07) is 5.07. The van der Waals surface area contributed by atoms with Gasteiger partial charge in [-0.15, -0.1) is 0 Å². The molecule has 2 rings (SSSR count). The zero-order valence-electron chi connectivity index (χ0n) is 10.0. The number of benzene rings is 1. The molecule has 4 nitrogen and oxygen atoms in total. The lowest BCUT2D eigenvalue weighted by molar-refractivity contribution is 0.575. The lowest BCUT2D eigenvalue weighted by Crippen LogP contribution is -2.25. The quantitative estimate of drug-likeness (QED) is 0.836. The molecule has 0 unspecified atom stereocenters. The van der Waals surface area contributed by atoms with Crippen LogP contribution in [0.15, 0.2) is 27.6 Å². The fourth-order valence-electron chi connectivity index (χ4n) is 1.77. The first-order valence-electron chi connectivity index (χ1n) is 6.01. The van der Waals surface area contributed by atoms with Crippen LogP contribution in [0, 0.1) is 5.92 Å². The van der Waals surface area contributed by atoms with Crippen LogP contribution >= 0.6 is 15.9 Å². The summed E-state index contributed by atoms with van der Waals surface area (Å²) >= 11 is 3.28. The van der Waals surface area contributed by atoms with Crippen molar-refractivity contribution >= 4 is 26.0 Å². The number of nitrogens with two attached hydrogens (primary N) is 1. The van der Waals surface area contributed by atoms with Crippen LogP contribution < -0.4 is 10.5 Å². The Hall–Kier alpha value is -0.430. The maximum Gasteiger partial charge on any atom is 0.241 e. The van der Waals surface area contributed by atoms with Gasteiger partial charge in [0.1, 0.15) is 0 Å².